The molecule has 0 radical (unpaired) electrons. The molecule has 0 bridgehead atoms. The lowest BCUT2D eigenvalue weighted by molar-refractivity contribution is 0.203. The highest BCUT2D eigenvalue weighted by Gasteiger charge is 2.37. The summed E-state index contributed by atoms with van der Waals surface area (Å²) in [6.07, 6.45) is -0.471. The molecule has 0 heterocycles. The van der Waals surface area contributed by atoms with Crippen LogP contribution in [-0.2, 0) is 31.8 Å². The molecule has 0 N–H and O–H groups in total. The predicted molar refractivity (Wildman–Crippen MR) is 82.3 cm³/mol. The maximum atomic E-state index is 12.4. The Morgan fingerprint density at radius 3 is 1.24 bits per heavy atom. The van der Waals surface area contributed by atoms with Crippen LogP contribution in [0, 0.1) is 0 Å². The van der Waals surface area contributed by atoms with Crippen molar-refractivity contribution < 1.29 is 31.8 Å². The first-order valence-electron chi connectivity index (χ1n) is 6.77. The van der Waals surface area contributed by atoms with E-state index in [0.717, 1.165) is 0 Å². The van der Waals surface area contributed by atoms with Crippen LogP contribution in [-0.4, -0.2) is 43.7 Å². The van der Waals surface area contributed by atoms with E-state index in [4.69, 9.17) is 18.1 Å². The third-order valence-electron chi connectivity index (χ3n) is 2.12. The molecule has 0 fully saturated rings. The van der Waals surface area contributed by atoms with Crippen molar-refractivity contribution in [3.8, 4) is 0 Å². The van der Waals surface area contributed by atoms with Crippen molar-refractivity contribution in [1.82, 2.24) is 4.67 Å². The third kappa shape index (κ3) is 8.53. The average molecular weight is 364 g/mol. The lowest BCUT2D eigenvalue weighted by Crippen LogP contribution is -2.19. The maximum absolute atomic E-state index is 12.4. The average Bonchev–Trinajstić information content (AvgIpc) is 2.38. The highest BCUT2D eigenvalue weighted by atomic mass is 31.2. The van der Waals surface area contributed by atoms with E-state index in [1.807, 2.05) is 0 Å². The summed E-state index contributed by atoms with van der Waals surface area (Å²) < 4.78 is 57.8. The third-order valence-corrected chi connectivity index (χ3v) is 7.21. The lowest BCUT2D eigenvalue weighted by Gasteiger charge is -2.21. The molecule has 126 valence electrons. The lowest BCUT2D eigenvalue weighted by atomic mass is 10.9. The van der Waals surface area contributed by atoms with Gasteiger partial charge in [0.25, 0.3) is 0 Å². The molecular weight excluding hydrogens is 339 g/mol. The number of rotatable bonds is 13. The van der Waals surface area contributed by atoms with Crippen LogP contribution in [0.5, 0.6) is 0 Å². The van der Waals surface area contributed by atoms with E-state index in [9.17, 15) is 13.7 Å². The molecule has 0 saturated heterocycles. The largest absolute Gasteiger partial charge is 0.422 e. The van der Waals surface area contributed by atoms with Crippen molar-refractivity contribution in [2.45, 2.75) is 27.7 Å². The van der Waals surface area contributed by atoms with Gasteiger partial charge in [0.15, 0.2) is 0 Å². The van der Waals surface area contributed by atoms with E-state index >= 15 is 0 Å². The van der Waals surface area contributed by atoms with Gasteiger partial charge in [0.1, 0.15) is 12.6 Å². The Kier molecular flexibility index (Phi) is 11.2. The Morgan fingerprint density at radius 2 is 1.05 bits per heavy atom. The number of nitrogens with zero attached hydrogens (tertiary/aromatic N) is 1. The molecule has 0 aliphatic heterocycles. The first kappa shape index (κ1) is 21.4. The van der Waals surface area contributed by atoms with Crippen molar-refractivity contribution in [3.05, 3.63) is 0 Å². The second-order valence-electron chi connectivity index (χ2n) is 3.81. The molecule has 0 aliphatic carbocycles. The zero-order valence-electron chi connectivity index (χ0n) is 12.9. The molecule has 8 nitrogen and oxygen atoms in total. The van der Waals surface area contributed by atoms with E-state index in [1.165, 1.54) is 4.67 Å². The quantitative estimate of drug-likeness (QED) is 0.457. The molecule has 1 unspecified atom stereocenters. The summed E-state index contributed by atoms with van der Waals surface area (Å²) in [5.41, 5.74) is 0. The van der Waals surface area contributed by atoms with Crippen molar-refractivity contribution in [2.75, 3.05) is 39.0 Å². The van der Waals surface area contributed by atoms with Crippen LogP contribution in [0.1, 0.15) is 27.7 Å². The molecule has 0 rings (SSSR count). The molecule has 0 spiro atoms. The van der Waals surface area contributed by atoms with Crippen LogP contribution in [0.25, 0.3) is 0 Å². The van der Waals surface area contributed by atoms with Crippen LogP contribution < -0.4 is 0 Å². The summed E-state index contributed by atoms with van der Waals surface area (Å²) in [6, 6.07) is 0. The zero-order valence-corrected chi connectivity index (χ0v) is 15.7. The fraction of sp³-hybridized carbons (Fsp3) is 1.00. The maximum Gasteiger partial charge on any atom is 0.422 e. The Labute approximate surface area is 127 Å². The van der Waals surface area contributed by atoms with Crippen molar-refractivity contribution >= 4 is 23.8 Å². The smallest absolute Gasteiger partial charge is 0.308 e. The van der Waals surface area contributed by atoms with Crippen LogP contribution in [0.15, 0.2) is 0 Å². The van der Waals surface area contributed by atoms with Gasteiger partial charge in [-0.15, -0.1) is 0 Å². The molecule has 11 heteroatoms. The number of hydrogen-bond donors (Lipinski definition) is 0. The topological polar surface area (TPSA) is 91.4 Å². The first-order chi connectivity index (χ1) is 9.88. The van der Waals surface area contributed by atoms with Gasteiger partial charge in [-0.3, -0.25) is 9.13 Å². The van der Waals surface area contributed by atoms with Crippen molar-refractivity contribution in [1.29, 1.82) is 0 Å². The second kappa shape index (κ2) is 11.0. The molecular formula is C10H25NO7P3+. The fourth-order valence-corrected chi connectivity index (χ4v) is 6.29. The molecule has 21 heavy (non-hydrogen) atoms. The van der Waals surface area contributed by atoms with Gasteiger partial charge in [-0.2, -0.15) is 0 Å². The monoisotopic (exact) mass is 364 g/mol. The molecule has 0 aliphatic rings. The Morgan fingerprint density at radius 1 is 0.762 bits per heavy atom. The van der Waals surface area contributed by atoms with Crippen LogP contribution in [0.3, 0.4) is 0 Å². The Balaban J connectivity index is 4.93. The minimum absolute atomic E-state index is 0.196. The van der Waals surface area contributed by atoms with Gasteiger partial charge in [0.2, 0.25) is 0 Å². The molecule has 0 aromatic rings. The van der Waals surface area contributed by atoms with Crippen molar-refractivity contribution in [3.63, 3.8) is 0 Å². The summed E-state index contributed by atoms with van der Waals surface area (Å²) in [5, 5.41) is 0. The second-order valence-corrected chi connectivity index (χ2v) is 8.66. The van der Waals surface area contributed by atoms with Gasteiger partial charge in [0, 0.05) is 0 Å². The molecule has 0 aromatic heterocycles. The van der Waals surface area contributed by atoms with E-state index in [2.05, 4.69) is 0 Å². The van der Waals surface area contributed by atoms with E-state index in [0.29, 0.717) is 0 Å². The van der Waals surface area contributed by atoms with E-state index in [1.54, 1.807) is 27.7 Å². The van der Waals surface area contributed by atoms with Crippen LogP contribution >= 0.6 is 23.8 Å². The highest BCUT2D eigenvalue weighted by molar-refractivity contribution is 7.55. The van der Waals surface area contributed by atoms with Gasteiger partial charge in [-0.1, -0.05) is 9.24 Å². The molecule has 0 amide bonds. The molecule has 1 atom stereocenters. The molecule has 0 saturated carbocycles. The van der Waals surface area contributed by atoms with E-state index < -0.39 is 23.8 Å². The Bertz CT molecular complexity index is 341. The zero-order chi connectivity index (χ0) is 16.4. The Hall–Kier alpha value is 0.360. The minimum Gasteiger partial charge on any atom is -0.308 e. The van der Waals surface area contributed by atoms with Gasteiger partial charge in [-0.05, 0) is 27.7 Å². The normalized spacial score (nSPS) is 13.2. The highest BCUT2D eigenvalue weighted by Crippen LogP contribution is 2.54. The van der Waals surface area contributed by atoms with Crippen molar-refractivity contribution in [2.24, 2.45) is 0 Å². The van der Waals surface area contributed by atoms with E-state index in [-0.39, 0.29) is 39.0 Å². The van der Waals surface area contributed by atoms with Gasteiger partial charge < -0.3 is 18.1 Å². The fourth-order valence-electron chi connectivity index (χ4n) is 1.55. The van der Waals surface area contributed by atoms with Crippen LogP contribution in [0.4, 0.5) is 0 Å². The summed E-state index contributed by atoms with van der Waals surface area (Å²) in [6.45, 7) is 7.51. The van der Waals surface area contributed by atoms with Gasteiger partial charge >= 0.3 is 23.8 Å². The van der Waals surface area contributed by atoms with Gasteiger partial charge in [0.05, 0.1) is 26.4 Å². The first-order valence-corrected chi connectivity index (χ1v) is 11.1. The predicted octanol–water partition coefficient (Wildman–Crippen LogP) is 3.67. The summed E-state index contributed by atoms with van der Waals surface area (Å²) >= 11 is 0. The number of hydrogen-bond acceptors (Lipinski definition) is 7. The summed E-state index contributed by atoms with van der Waals surface area (Å²) in [4.78, 5) is 0. The summed E-state index contributed by atoms with van der Waals surface area (Å²) in [7, 11) is -7.80. The summed E-state index contributed by atoms with van der Waals surface area (Å²) in [5.74, 6) is 0. The SMILES string of the molecule is CCOP(=O)(CN(CP(=O)(OCC)OCC)[PH+]=O)OCC. The minimum atomic E-state index is -3.42. The molecule has 0 aromatic carbocycles. The van der Waals surface area contributed by atoms with Gasteiger partial charge in [-0.25, -0.2) is 0 Å². The van der Waals surface area contributed by atoms with Crippen LogP contribution in [0.2, 0.25) is 0 Å². The standard InChI is InChI=1S/C10H24NO7P3/c1-5-15-20(13,16-6-2)9-11(19-12)10-21(14,17-7-3)18-8-4/h5-10H2,1-4H3/p+1.